The first kappa shape index (κ1) is 12.3. The molecule has 0 spiro atoms. The van der Waals surface area contributed by atoms with E-state index in [0.29, 0.717) is 25.4 Å². The first-order chi connectivity index (χ1) is 7.95. The van der Waals surface area contributed by atoms with E-state index in [1.807, 2.05) is 19.1 Å². The lowest BCUT2D eigenvalue weighted by Gasteiger charge is -2.14. The highest BCUT2D eigenvalue weighted by molar-refractivity contribution is 7.88. The molecule has 0 unspecified atom stereocenters. The van der Waals surface area contributed by atoms with E-state index in [0.717, 1.165) is 5.69 Å². The van der Waals surface area contributed by atoms with Gasteiger partial charge >= 0.3 is 0 Å². The Morgan fingerprint density at radius 1 is 1.47 bits per heavy atom. The fourth-order valence-corrected chi connectivity index (χ4v) is 2.72. The van der Waals surface area contributed by atoms with E-state index in [1.54, 1.807) is 6.07 Å². The van der Waals surface area contributed by atoms with E-state index in [9.17, 15) is 8.42 Å². The Kier molecular flexibility index (Phi) is 3.35. The number of nitrogens with zero attached hydrogens (tertiary/aromatic N) is 2. The zero-order valence-corrected chi connectivity index (χ0v) is 10.8. The molecule has 0 bridgehead atoms. The fraction of sp³-hybridized carbons (Fsp3) is 0.545. The van der Waals surface area contributed by atoms with Crippen LogP contribution in [-0.4, -0.2) is 43.2 Å². The quantitative estimate of drug-likeness (QED) is 0.802. The van der Waals surface area contributed by atoms with Crippen LogP contribution in [0.5, 0.6) is 5.88 Å². The minimum absolute atomic E-state index is 0.0981. The molecule has 0 aliphatic carbocycles. The molecule has 17 heavy (non-hydrogen) atoms. The number of ether oxygens (including phenoxy) is 1. The number of aryl methyl sites for hydroxylation is 1. The molecule has 1 aliphatic heterocycles. The van der Waals surface area contributed by atoms with Crippen molar-refractivity contribution in [3.63, 3.8) is 0 Å². The van der Waals surface area contributed by atoms with E-state index >= 15 is 0 Å². The lowest BCUT2D eigenvalue weighted by molar-refractivity contribution is 0.206. The van der Waals surface area contributed by atoms with Crippen LogP contribution in [0.3, 0.4) is 0 Å². The fourth-order valence-electron chi connectivity index (χ4n) is 1.85. The molecule has 94 valence electrons. The second kappa shape index (κ2) is 4.62. The molecule has 1 aliphatic rings. The number of hydrogen-bond acceptors (Lipinski definition) is 4. The summed E-state index contributed by atoms with van der Waals surface area (Å²) in [6, 6.07) is 5.56. The molecule has 1 saturated heterocycles. The Morgan fingerprint density at radius 2 is 2.24 bits per heavy atom. The third kappa shape index (κ3) is 3.17. The minimum atomic E-state index is -3.10. The Hall–Kier alpha value is -1.14. The predicted molar refractivity (Wildman–Crippen MR) is 64.4 cm³/mol. The van der Waals surface area contributed by atoms with Crippen molar-refractivity contribution in [3.05, 3.63) is 23.9 Å². The second-order valence-corrected chi connectivity index (χ2v) is 6.25. The molecule has 2 heterocycles. The van der Waals surface area contributed by atoms with Crippen molar-refractivity contribution in [2.45, 2.75) is 19.4 Å². The van der Waals surface area contributed by atoms with Crippen LogP contribution in [0.25, 0.3) is 0 Å². The van der Waals surface area contributed by atoms with Crippen LogP contribution >= 0.6 is 0 Å². The van der Waals surface area contributed by atoms with Crippen molar-refractivity contribution in [1.29, 1.82) is 0 Å². The van der Waals surface area contributed by atoms with Crippen LogP contribution in [0.15, 0.2) is 18.2 Å². The smallest absolute Gasteiger partial charge is 0.213 e. The Bertz CT molecular complexity index is 501. The van der Waals surface area contributed by atoms with Crippen LogP contribution in [0.1, 0.15) is 12.1 Å². The maximum absolute atomic E-state index is 11.3. The van der Waals surface area contributed by atoms with Crippen LogP contribution < -0.4 is 4.74 Å². The van der Waals surface area contributed by atoms with Gasteiger partial charge in [-0.05, 0) is 19.4 Å². The summed E-state index contributed by atoms with van der Waals surface area (Å²) in [6.45, 7) is 2.83. The molecular formula is C11H16N2O3S. The molecule has 0 radical (unpaired) electrons. The van der Waals surface area contributed by atoms with Gasteiger partial charge in [0.05, 0.1) is 12.8 Å². The van der Waals surface area contributed by atoms with Gasteiger partial charge in [-0.2, -0.15) is 4.31 Å². The van der Waals surface area contributed by atoms with Gasteiger partial charge in [-0.1, -0.05) is 6.07 Å². The Morgan fingerprint density at radius 3 is 2.82 bits per heavy atom. The van der Waals surface area contributed by atoms with Gasteiger partial charge < -0.3 is 4.74 Å². The molecule has 0 aromatic carbocycles. The van der Waals surface area contributed by atoms with E-state index in [1.165, 1.54) is 10.6 Å². The van der Waals surface area contributed by atoms with Crippen molar-refractivity contribution in [2.75, 3.05) is 19.3 Å². The van der Waals surface area contributed by atoms with Crippen molar-refractivity contribution >= 4 is 10.0 Å². The summed E-state index contributed by atoms with van der Waals surface area (Å²) in [7, 11) is -3.10. The molecule has 6 heteroatoms. The van der Waals surface area contributed by atoms with Crippen molar-refractivity contribution in [1.82, 2.24) is 9.29 Å². The van der Waals surface area contributed by atoms with Gasteiger partial charge in [0.25, 0.3) is 0 Å². The number of hydrogen-bond donors (Lipinski definition) is 0. The lowest BCUT2D eigenvalue weighted by Crippen LogP contribution is -2.30. The average molecular weight is 256 g/mol. The number of sulfonamides is 1. The zero-order valence-electron chi connectivity index (χ0n) is 9.96. The van der Waals surface area contributed by atoms with E-state index in [2.05, 4.69) is 4.98 Å². The number of pyridine rings is 1. The standard InChI is InChI=1S/C11H16N2O3S/c1-9-4-3-5-11(12-9)16-10-6-7-13(8-10)17(2,14)15/h3-5,10H,6-8H2,1-2H3/t10-/m0/s1. The monoisotopic (exact) mass is 256 g/mol. The summed E-state index contributed by atoms with van der Waals surface area (Å²) in [5, 5.41) is 0. The van der Waals surface area contributed by atoms with Gasteiger partial charge in [-0.15, -0.1) is 0 Å². The summed E-state index contributed by atoms with van der Waals surface area (Å²) < 4.78 is 29.8. The zero-order chi connectivity index (χ0) is 12.5. The summed E-state index contributed by atoms with van der Waals surface area (Å²) >= 11 is 0. The SMILES string of the molecule is Cc1cccc(O[C@H]2CCN(S(C)(=O)=O)C2)n1. The molecule has 1 aromatic rings. The molecular weight excluding hydrogens is 240 g/mol. The van der Waals surface area contributed by atoms with Crippen molar-refractivity contribution < 1.29 is 13.2 Å². The molecule has 5 nitrogen and oxygen atoms in total. The number of aromatic nitrogens is 1. The maximum atomic E-state index is 11.3. The van der Waals surface area contributed by atoms with Crippen LogP contribution in [-0.2, 0) is 10.0 Å². The van der Waals surface area contributed by atoms with E-state index < -0.39 is 10.0 Å². The van der Waals surface area contributed by atoms with Crippen molar-refractivity contribution in [3.8, 4) is 5.88 Å². The topological polar surface area (TPSA) is 59.5 Å². The first-order valence-corrected chi connectivity index (χ1v) is 7.35. The van der Waals surface area contributed by atoms with Gasteiger partial charge in [0, 0.05) is 18.3 Å². The second-order valence-electron chi connectivity index (χ2n) is 4.27. The summed E-state index contributed by atoms with van der Waals surface area (Å²) in [4.78, 5) is 4.23. The maximum Gasteiger partial charge on any atom is 0.213 e. The van der Waals surface area contributed by atoms with E-state index in [4.69, 9.17) is 4.74 Å². The van der Waals surface area contributed by atoms with Gasteiger partial charge in [0.1, 0.15) is 6.10 Å². The molecule has 0 N–H and O–H groups in total. The Balaban J connectivity index is 1.99. The molecule has 1 aromatic heterocycles. The largest absolute Gasteiger partial charge is 0.473 e. The Labute approximate surface area is 101 Å². The predicted octanol–water partition coefficient (Wildman–Crippen LogP) is 0.803. The first-order valence-electron chi connectivity index (χ1n) is 5.50. The highest BCUT2D eigenvalue weighted by Gasteiger charge is 2.29. The van der Waals surface area contributed by atoms with Crippen LogP contribution in [0.2, 0.25) is 0 Å². The third-order valence-electron chi connectivity index (χ3n) is 2.73. The molecule has 1 atom stereocenters. The summed E-state index contributed by atoms with van der Waals surface area (Å²) in [5.74, 6) is 0.561. The average Bonchev–Trinajstić information content (AvgIpc) is 2.65. The molecule has 0 saturated carbocycles. The summed E-state index contributed by atoms with van der Waals surface area (Å²) in [5.41, 5.74) is 0.889. The third-order valence-corrected chi connectivity index (χ3v) is 4.00. The van der Waals surface area contributed by atoms with Gasteiger partial charge in [-0.3, -0.25) is 0 Å². The highest BCUT2D eigenvalue weighted by atomic mass is 32.2. The van der Waals surface area contributed by atoms with Gasteiger partial charge in [0.2, 0.25) is 15.9 Å². The minimum Gasteiger partial charge on any atom is -0.473 e. The molecule has 2 rings (SSSR count). The van der Waals surface area contributed by atoms with Crippen molar-refractivity contribution in [2.24, 2.45) is 0 Å². The lowest BCUT2D eigenvalue weighted by atomic mass is 10.3. The number of rotatable bonds is 3. The molecule has 1 fully saturated rings. The normalized spacial score (nSPS) is 21.6. The van der Waals surface area contributed by atoms with Gasteiger partial charge in [-0.25, -0.2) is 13.4 Å². The van der Waals surface area contributed by atoms with Crippen LogP contribution in [0, 0.1) is 6.92 Å². The highest BCUT2D eigenvalue weighted by Crippen LogP contribution is 2.18. The molecule has 0 amide bonds. The van der Waals surface area contributed by atoms with Crippen LogP contribution in [0.4, 0.5) is 0 Å². The van der Waals surface area contributed by atoms with Gasteiger partial charge in [0.15, 0.2) is 0 Å². The summed E-state index contributed by atoms with van der Waals surface area (Å²) in [6.07, 6.45) is 1.84. The van der Waals surface area contributed by atoms with E-state index in [-0.39, 0.29) is 6.10 Å².